The molecule has 7 aromatic rings. The molecule has 7 rings (SSSR count). The van der Waals surface area contributed by atoms with Gasteiger partial charge in [-0.2, -0.15) is 0 Å². The highest BCUT2D eigenvalue weighted by Crippen LogP contribution is 2.53. The second kappa shape index (κ2) is 14.1. The molecule has 0 fully saturated rings. The molecule has 260 valence electrons. The van der Waals surface area contributed by atoms with Gasteiger partial charge in [0.2, 0.25) is 0 Å². The van der Waals surface area contributed by atoms with E-state index in [2.05, 4.69) is 126 Å². The molecule has 0 radical (unpaired) electrons. The Kier molecular flexibility index (Phi) is 9.55. The van der Waals surface area contributed by atoms with Crippen LogP contribution in [0.25, 0.3) is 67.2 Å². The van der Waals surface area contributed by atoms with Crippen molar-refractivity contribution in [2.45, 2.75) is 41.5 Å². The van der Waals surface area contributed by atoms with E-state index in [9.17, 15) is 4.57 Å². The van der Waals surface area contributed by atoms with Crippen LogP contribution in [-0.2, 0) is 4.57 Å². The molecular formula is C47H46N3OP. The van der Waals surface area contributed by atoms with Crippen molar-refractivity contribution in [3.8, 4) is 56.4 Å². The van der Waals surface area contributed by atoms with Crippen molar-refractivity contribution in [2.24, 2.45) is 10.8 Å². The normalized spacial score (nSPS) is 12.3. The van der Waals surface area contributed by atoms with E-state index in [1.807, 2.05) is 60.7 Å². The third-order valence-corrected chi connectivity index (χ3v) is 13.3. The first-order valence-corrected chi connectivity index (χ1v) is 20.1. The van der Waals surface area contributed by atoms with Crippen LogP contribution in [0.3, 0.4) is 0 Å². The lowest BCUT2D eigenvalue weighted by Gasteiger charge is -2.32. The fraction of sp³-hybridized carbons (Fsp3) is 0.213. The maximum Gasteiger partial charge on any atom is 0.164 e. The van der Waals surface area contributed by atoms with E-state index in [-0.39, 0.29) is 10.8 Å². The second-order valence-electron chi connectivity index (χ2n) is 16.2. The molecule has 0 amide bonds. The number of benzene rings is 6. The van der Waals surface area contributed by atoms with Gasteiger partial charge in [0.05, 0.1) is 0 Å². The molecule has 52 heavy (non-hydrogen) atoms. The van der Waals surface area contributed by atoms with Crippen LogP contribution in [0.2, 0.25) is 0 Å². The molecule has 0 unspecified atom stereocenters. The van der Waals surface area contributed by atoms with E-state index in [0.29, 0.717) is 29.8 Å². The van der Waals surface area contributed by atoms with Crippen LogP contribution in [-0.4, -0.2) is 27.3 Å². The van der Waals surface area contributed by atoms with Crippen LogP contribution >= 0.6 is 7.14 Å². The molecule has 0 aliphatic heterocycles. The molecular weight excluding hydrogens is 654 g/mol. The molecule has 6 aromatic carbocycles. The van der Waals surface area contributed by atoms with E-state index in [4.69, 9.17) is 15.0 Å². The Labute approximate surface area is 308 Å². The second-order valence-corrected chi connectivity index (χ2v) is 19.1. The fourth-order valence-electron chi connectivity index (χ4n) is 7.24. The summed E-state index contributed by atoms with van der Waals surface area (Å²) in [5, 5.41) is 3.31. The van der Waals surface area contributed by atoms with Crippen molar-refractivity contribution in [3.63, 3.8) is 0 Å². The first-order valence-electron chi connectivity index (χ1n) is 18.0. The summed E-state index contributed by atoms with van der Waals surface area (Å²) in [4.78, 5) is 14.7. The zero-order valence-electron chi connectivity index (χ0n) is 31.0. The molecule has 0 atom stereocenters. The van der Waals surface area contributed by atoms with Crippen LogP contribution in [0.4, 0.5) is 0 Å². The minimum Gasteiger partial charge on any atom is -0.319 e. The SMILES string of the molecule is CC(C)(C)CP(=O)(CC(C)(C)C)c1cccc(-c2ccc(-c3ccc(-c4nc(-c5ccccc5)nc(-c5ccccc5)n4)cc3)c3ccccc23)c1. The average molecular weight is 700 g/mol. The van der Waals surface area contributed by atoms with Crippen molar-refractivity contribution in [1.82, 2.24) is 15.0 Å². The minimum atomic E-state index is -2.67. The van der Waals surface area contributed by atoms with Gasteiger partial charge < -0.3 is 4.57 Å². The Morgan fingerprint density at radius 2 is 0.808 bits per heavy atom. The molecule has 0 saturated heterocycles. The highest BCUT2D eigenvalue weighted by molar-refractivity contribution is 7.71. The van der Waals surface area contributed by atoms with E-state index < -0.39 is 7.14 Å². The summed E-state index contributed by atoms with van der Waals surface area (Å²) in [6, 6.07) is 50.1. The quantitative estimate of drug-likeness (QED) is 0.148. The zero-order valence-corrected chi connectivity index (χ0v) is 31.9. The Hall–Kier alpha value is -5.18. The third kappa shape index (κ3) is 7.83. The van der Waals surface area contributed by atoms with E-state index >= 15 is 0 Å². The number of hydrogen-bond acceptors (Lipinski definition) is 4. The van der Waals surface area contributed by atoms with Crippen molar-refractivity contribution in [2.75, 3.05) is 12.3 Å². The summed E-state index contributed by atoms with van der Waals surface area (Å²) in [5.41, 5.74) is 7.23. The molecule has 0 aliphatic carbocycles. The zero-order chi connectivity index (χ0) is 36.5. The highest BCUT2D eigenvalue weighted by atomic mass is 31.2. The monoisotopic (exact) mass is 699 g/mol. The summed E-state index contributed by atoms with van der Waals surface area (Å²) in [6.07, 6.45) is 1.37. The van der Waals surface area contributed by atoms with Gasteiger partial charge in [0.1, 0.15) is 7.14 Å². The molecule has 0 aliphatic rings. The highest BCUT2D eigenvalue weighted by Gasteiger charge is 2.34. The summed E-state index contributed by atoms with van der Waals surface area (Å²) in [7, 11) is -2.67. The Bertz CT molecular complexity index is 2310. The maximum atomic E-state index is 14.8. The van der Waals surface area contributed by atoms with Gasteiger partial charge in [-0.15, -0.1) is 0 Å². The van der Waals surface area contributed by atoms with E-state index in [1.165, 1.54) is 10.8 Å². The average Bonchev–Trinajstić information content (AvgIpc) is 3.13. The maximum absolute atomic E-state index is 14.8. The first kappa shape index (κ1) is 35.2. The lowest BCUT2D eigenvalue weighted by atomic mass is 9.92. The van der Waals surface area contributed by atoms with Crippen molar-refractivity contribution < 1.29 is 4.57 Å². The van der Waals surface area contributed by atoms with Crippen molar-refractivity contribution >= 4 is 23.2 Å². The number of rotatable bonds is 8. The van der Waals surface area contributed by atoms with Gasteiger partial charge in [0.25, 0.3) is 0 Å². The van der Waals surface area contributed by atoms with Crippen molar-refractivity contribution in [3.05, 3.63) is 146 Å². The Balaban J connectivity index is 1.27. The predicted octanol–water partition coefficient (Wildman–Crippen LogP) is 12.4. The summed E-state index contributed by atoms with van der Waals surface area (Å²) < 4.78 is 14.8. The van der Waals surface area contributed by atoms with Crippen LogP contribution in [0.15, 0.2) is 146 Å². The number of fused-ring (bicyclic) bond motifs is 1. The molecule has 1 heterocycles. The van der Waals surface area contributed by atoms with Gasteiger partial charge in [-0.1, -0.05) is 181 Å². The largest absolute Gasteiger partial charge is 0.319 e. The lowest BCUT2D eigenvalue weighted by molar-refractivity contribution is 0.439. The van der Waals surface area contributed by atoms with Crippen LogP contribution in [0.5, 0.6) is 0 Å². The van der Waals surface area contributed by atoms with Gasteiger partial charge in [0, 0.05) is 34.3 Å². The first-order chi connectivity index (χ1) is 24.9. The standard InChI is InChI=1S/C47H46N3OP/c1-46(2,3)31-52(51,32-47(4,5)6)38-21-15-20-37(30-38)40-29-28-39(41-22-13-14-23-42(40)41)33-24-26-36(27-25-33)45-49-43(34-16-9-7-10-17-34)48-44(50-45)35-18-11-8-12-19-35/h7-30H,31-32H2,1-6H3. The molecule has 0 bridgehead atoms. The molecule has 0 N–H and O–H groups in total. The lowest BCUT2D eigenvalue weighted by Crippen LogP contribution is -2.25. The minimum absolute atomic E-state index is 0.0431. The van der Waals surface area contributed by atoms with Gasteiger partial charge in [0.15, 0.2) is 17.5 Å². The van der Waals surface area contributed by atoms with E-state index in [0.717, 1.165) is 44.2 Å². The van der Waals surface area contributed by atoms with Gasteiger partial charge in [-0.25, -0.2) is 15.0 Å². The Morgan fingerprint density at radius 3 is 1.27 bits per heavy atom. The van der Waals surface area contributed by atoms with E-state index in [1.54, 1.807) is 0 Å². The topological polar surface area (TPSA) is 55.7 Å². The fourth-order valence-corrected chi connectivity index (χ4v) is 11.5. The number of nitrogens with zero attached hydrogens (tertiary/aromatic N) is 3. The molecule has 0 saturated carbocycles. The van der Waals surface area contributed by atoms with Gasteiger partial charge in [-0.3, -0.25) is 0 Å². The summed E-state index contributed by atoms with van der Waals surface area (Å²) in [6.45, 7) is 13.2. The summed E-state index contributed by atoms with van der Waals surface area (Å²) >= 11 is 0. The molecule has 1 aromatic heterocycles. The predicted molar refractivity (Wildman–Crippen MR) is 220 cm³/mol. The molecule has 4 nitrogen and oxygen atoms in total. The van der Waals surface area contributed by atoms with Gasteiger partial charge >= 0.3 is 0 Å². The van der Waals surface area contributed by atoms with Crippen LogP contribution in [0.1, 0.15) is 41.5 Å². The van der Waals surface area contributed by atoms with Crippen LogP contribution in [0, 0.1) is 10.8 Å². The smallest absolute Gasteiger partial charge is 0.164 e. The van der Waals surface area contributed by atoms with Crippen LogP contribution < -0.4 is 5.30 Å². The number of aromatic nitrogens is 3. The summed E-state index contributed by atoms with van der Waals surface area (Å²) in [5.74, 6) is 1.93. The number of hydrogen-bond donors (Lipinski definition) is 0. The molecule has 0 spiro atoms. The van der Waals surface area contributed by atoms with Crippen molar-refractivity contribution in [1.29, 1.82) is 0 Å². The van der Waals surface area contributed by atoms with Gasteiger partial charge in [-0.05, 0) is 49.9 Å². The Morgan fingerprint density at radius 1 is 0.423 bits per heavy atom. The third-order valence-electron chi connectivity index (χ3n) is 9.16. The molecule has 5 heteroatoms.